The van der Waals surface area contributed by atoms with Crippen LogP contribution in [0.5, 0.6) is 0 Å². The van der Waals surface area contributed by atoms with Crippen LogP contribution in [0.2, 0.25) is 5.02 Å². The third-order valence-electron chi connectivity index (χ3n) is 3.96. The number of thiophene rings is 1. The molecular formula is C20H18ClN3O4S2. The number of nitrogens with one attached hydrogen (secondary N) is 2. The lowest BCUT2D eigenvalue weighted by molar-refractivity contribution is -0.147. The molecule has 0 fully saturated rings. The predicted molar refractivity (Wildman–Crippen MR) is 118 cm³/mol. The molecule has 0 radical (unpaired) electrons. The van der Waals surface area contributed by atoms with Crippen LogP contribution in [0.3, 0.4) is 0 Å². The first-order valence-electron chi connectivity index (χ1n) is 8.88. The van der Waals surface area contributed by atoms with Crippen molar-refractivity contribution in [1.29, 1.82) is 0 Å². The number of rotatable bonds is 8. The van der Waals surface area contributed by atoms with Crippen molar-refractivity contribution in [3.05, 3.63) is 57.4 Å². The molecule has 2 N–H and O–H groups in total. The van der Waals surface area contributed by atoms with Gasteiger partial charge in [-0.05, 0) is 36.1 Å². The van der Waals surface area contributed by atoms with Crippen molar-refractivity contribution >= 4 is 57.7 Å². The third kappa shape index (κ3) is 6.12. The molecule has 0 aliphatic heterocycles. The zero-order valence-electron chi connectivity index (χ0n) is 15.9. The molecule has 10 heteroatoms. The molecule has 0 bridgehead atoms. The van der Waals surface area contributed by atoms with Crippen LogP contribution in [0.4, 0.5) is 5.69 Å². The summed E-state index contributed by atoms with van der Waals surface area (Å²) in [4.78, 5) is 41.2. The number of amides is 2. The fraction of sp³-hybridized carbons (Fsp3) is 0.200. The molecule has 7 nitrogen and oxygen atoms in total. The average Bonchev–Trinajstić information content (AvgIpc) is 3.40. The molecule has 0 unspecified atom stereocenters. The van der Waals surface area contributed by atoms with Gasteiger partial charge in [-0.3, -0.25) is 14.4 Å². The number of aromatic nitrogens is 1. The molecule has 2 heterocycles. The minimum atomic E-state index is -0.570. The third-order valence-corrected chi connectivity index (χ3v) is 6.30. The molecule has 3 rings (SSSR count). The minimum absolute atomic E-state index is 0.0241. The molecule has 3 aromatic rings. The van der Waals surface area contributed by atoms with E-state index in [9.17, 15) is 14.4 Å². The maximum Gasteiger partial charge on any atom is 0.312 e. The number of carbonyl (C=O) groups excluding carboxylic acids is 3. The van der Waals surface area contributed by atoms with Gasteiger partial charge in [-0.15, -0.1) is 22.7 Å². The summed E-state index contributed by atoms with van der Waals surface area (Å²) in [5.74, 6) is -1.55. The van der Waals surface area contributed by atoms with Gasteiger partial charge in [0.25, 0.3) is 5.91 Å². The molecule has 2 amide bonds. The molecule has 1 aromatic carbocycles. The Morgan fingerprint density at radius 1 is 1.13 bits per heavy atom. The standard InChI is InChI=1S/C20H18ClN3O4S2/c1-12-14(21)4-2-5-15(12)24-17(25)9-22-18(26)10-28-19(27)8-13-11-30-20(23-13)16-6-3-7-29-16/h2-7,11H,8-10H2,1H3,(H,22,26)(H,24,25). The van der Waals surface area contributed by atoms with Gasteiger partial charge in [-0.1, -0.05) is 23.7 Å². The Bertz CT molecular complexity index is 1050. The fourth-order valence-corrected chi connectivity index (χ4v) is 4.22. The lowest BCUT2D eigenvalue weighted by atomic mass is 10.2. The monoisotopic (exact) mass is 463 g/mol. The largest absolute Gasteiger partial charge is 0.455 e. The summed E-state index contributed by atoms with van der Waals surface area (Å²) in [5, 5.41) is 10.2. The summed E-state index contributed by atoms with van der Waals surface area (Å²) < 4.78 is 4.96. The molecule has 2 aromatic heterocycles. The van der Waals surface area contributed by atoms with E-state index in [-0.39, 0.29) is 13.0 Å². The van der Waals surface area contributed by atoms with E-state index >= 15 is 0 Å². The minimum Gasteiger partial charge on any atom is -0.455 e. The Morgan fingerprint density at radius 2 is 1.97 bits per heavy atom. The Balaban J connectivity index is 1.38. The van der Waals surface area contributed by atoms with Crippen LogP contribution in [-0.4, -0.2) is 35.9 Å². The maximum atomic E-state index is 12.0. The number of thiazole rings is 1. The van der Waals surface area contributed by atoms with Gasteiger partial charge >= 0.3 is 5.97 Å². The molecule has 0 saturated carbocycles. The molecule has 0 atom stereocenters. The van der Waals surface area contributed by atoms with Crippen molar-refractivity contribution in [2.75, 3.05) is 18.5 Å². The number of halogens is 1. The lowest BCUT2D eigenvalue weighted by Crippen LogP contribution is -2.35. The number of ether oxygens (including phenoxy) is 1. The lowest BCUT2D eigenvalue weighted by Gasteiger charge is -2.10. The Morgan fingerprint density at radius 3 is 2.73 bits per heavy atom. The van der Waals surface area contributed by atoms with Gasteiger partial charge in [0, 0.05) is 16.1 Å². The van der Waals surface area contributed by atoms with Crippen LogP contribution in [-0.2, 0) is 25.5 Å². The van der Waals surface area contributed by atoms with E-state index in [1.54, 1.807) is 41.8 Å². The molecule has 0 saturated heterocycles. The van der Waals surface area contributed by atoms with Crippen LogP contribution in [0, 0.1) is 6.92 Å². The first-order valence-corrected chi connectivity index (χ1v) is 11.0. The van der Waals surface area contributed by atoms with Crippen LogP contribution in [0.25, 0.3) is 9.88 Å². The van der Waals surface area contributed by atoms with E-state index in [0.717, 1.165) is 15.4 Å². The highest BCUT2D eigenvalue weighted by molar-refractivity contribution is 7.20. The van der Waals surface area contributed by atoms with Crippen LogP contribution in [0.1, 0.15) is 11.3 Å². The molecule has 156 valence electrons. The second-order valence-electron chi connectivity index (χ2n) is 6.20. The van der Waals surface area contributed by atoms with E-state index < -0.39 is 24.4 Å². The van der Waals surface area contributed by atoms with Gasteiger partial charge < -0.3 is 15.4 Å². The van der Waals surface area contributed by atoms with Crippen LogP contribution >= 0.6 is 34.3 Å². The summed E-state index contributed by atoms with van der Waals surface area (Å²) in [7, 11) is 0. The quantitative estimate of drug-likeness (QED) is 0.497. The van der Waals surface area contributed by atoms with E-state index in [1.165, 1.54) is 11.3 Å². The highest BCUT2D eigenvalue weighted by Crippen LogP contribution is 2.28. The van der Waals surface area contributed by atoms with Gasteiger partial charge in [0.1, 0.15) is 5.01 Å². The van der Waals surface area contributed by atoms with E-state index in [2.05, 4.69) is 15.6 Å². The Hall–Kier alpha value is -2.75. The van der Waals surface area contributed by atoms with E-state index in [4.69, 9.17) is 16.3 Å². The van der Waals surface area contributed by atoms with Gasteiger partial charge in [0.2, 0.25) is 5.91 Å². The van der Waals surface area contributed by atoms with Crippen molar-refractivity contribution in [2.24, 2.45) is 0 Å². The zero-order valence-corrected chi connectivity index (χ0v) is 18.3. The summed E-state index contributed by atoms with van der Waals surface area (Å²) >= 11 is 9.03. The fourth-order valence-electron chi connectivity index (χ4n) is 2.41. The predicted octanol–water partition coefficient (Wildman–Crippen LogP) is 3.67. The van der Waals surface area contributed by atoms with Crippen molar-refractivity contribution in [2.45, 2.75) is 13.3 Å². The maximum absolute atomic E-state index is 12.0. The number of esters is 1. The van der Waals surface area contributed by atoms with Crippen molar-refractivity contribution in [3.63, 3.8) is 0 Å². The zero-order chi connectivity index (χ0) is 21.5. The average molecular weight is 464 g/mol. The second kappa shape index (κ2) is 10.3. The van der Waals surface area contributed by atoms with Gasteiger partial charge in [0.05, 0.1) is 23.5 Å². The molecule has 30 heavy (non-hydrogen) atoms. The van der Waals surface area contributed by atoms with Gasteiger partial charge in [-0.2, -0.15) is 0 Å². The van der Waals surface area contributed by atoms with Crippen molar-refractivity contribution in [3.8, 4) is 9.88 Å². The molecule has 0 spiro atoms. The highest BCUT2D eigenvalue weighted by atomic mass is 35.5. The molecular weight excluding hydrogens is 446 g/mol. The van der Waals surface area contributed by atoms with Crippen LogP contribution in [0.15, 0.2) is 41.1 Å². The smallest absolute Gasteiger partial charge is 0.312 e. The van der Waals surface area contributed by atoms with Crippen molar-refractivity contribution in [1.82, 2.24) is 10.3 Å². The molecule has 0 aliphatic carbocycles. The van der Waals surface area contributed by atoms with Crippen molar-refractivity contribution < 1.29 is 19.1 Å². The topological polar surface area (TPSA) is 97.4 Å². The Kier molecular flexibility index (Phi) is 7.56. The normalized spacial score (nSPS) is 10.5. The number of nitrogens with zero attached hydrogens (tertiary/aromatic N) is 1. The second-order valence-corrected chi connectivity index (χ2v) is 8.41. The van der Waals surface area contributed by atoms with Gasteiger partial charge in [0.15, 0.2) is 6.61 Å². The number of carbonyl (C=O) groups is 3. The number of benzene rings is 1. The SMILES string of the molecule is Cc1c(Cl)cccc1NC(=O)CNC(=O)COC(=O)Cc1csc(-c2cccs2)n1. The molecule has 0 aliphatic rings. The first kappa shape index (κ1) is 21.9. The summed E-state index contributed by atoms with van der Waals surface area (Å²) in [6.07, 6.45) is -0.0241. The highest BCUT2D eigenvalue weighted by Gasteiger charge is 2.13. The number of anilines is 1. The summed E-state index contributed by atoms with van der Waals surface area (Å²) in [6, 6.07) is 9.04. The summed E-state index contributed by atoms with van der Waals surface area (Å²) in [6.45, 7) is 1.06. The number of hydrogen-bond donors (Lipinski definition) is 2. The van der Waals surface area contributed by atoms with E-state index in [1.807, 2.05) is 17.5 Å². The first-order chi connectivity index (χ1) is 14.4. The van der Waals surface area contributed by atoms with Gasteiger partial charge in [-0.25, -0.2) is 4.98 Å². The Labute approximate surface area is 186 Å². The summed E-state index contributed by atoms with van der Waals surface area (Å²) in [5.41, 5.74) is 1.89. The van der Waals surface area contributed by atoms with Crippen LogP contribution < -0.4 is 10.6 Å². The van der Waals surface area contributed by atoms with E-state index in [0.29, 0.717) is 16.4 Å². The number of hydrogen-bond acceptors (Lipinski definition) is 7.